The first-order valence-corrected chi connectivity index (χ1v) is 8.95. The molecule has 3 aromatic carbocycles. The molecule has 0 aliphatic heterocycles. The van der Waals surface area contributed by atoms with Crippen LogP contribution >= 0.6 is 0 Å². The van der Waals surface area contributed by atoms with Crippen molar-refractivity contribution in [2.24, 2.45) is 0 Å². The Balaban J connectivity index is 1.82. The summed E-state index contributed by atoms with van der Waals surface area (Å²) in [4.78, 5) is 0. The summed E-state index contributed by atoms with van der Waals surface area (Å²) in [5, 5.41) is 9.02. The topological polar surface area (TPSA) is 30.2 Å². The van der Waals surface area contributed by atoms with Crippen molar-refractivity contribution in [3.8, 4) is 33.6 Å². The highest BCUT2D eigenvalue weighted by Gasteiger charge is 2.14. The van der Waals surface area contributed by atoms with Crippen LogP contribution in [0.2, 0.25) is 0 Å². The molecule has 0 spiro atoms. The molecule has 3 nitrogen and oxygen atoms in total. The van der Waals surface area contributed by atoms with Crippen LogP contribution in [-0.2, 0) is 0 Å². The van der Waals surface area contributed by atoms with Crippen molar-refractivity contribution in [1.29, 1.82) is 0 Å². The zero-order chi connectivity index (χ0) is 18.1. The number of nitrogens with zero attached hydrogens (tertiary/aromatic N) is 3. The standard InChI is InChI=1S/C24H17N3/c1-4-10-18(11-5-1)21-16-22(19-12-6-2-7-13-19)24-26-25-23(27(24)17-21)20-14-8-3-9-15-20/h1-17H. The van der Waals surface area contributed by atoms with Crippen molar-refractivity contribution >= 4 is 5.65 Å². The fourth-order valence-electron chi connectivity index (χ4n) is 3.40. The van der Waals surface area contributed by atoms with Crippen LogP contribution in [0.15, 0.2) is 103 Å². The van der Waals surface area contributed by atoms with E-state index >= 15 is 0 Å². The van der Waals surface area contributed by atoms with Crippen LogP contribution in [0.25, 0.3) is 39.3 Å². The third-order valence-electron chi connectivity index (χ3n) is 4.73. The number of hydrogen-bond acceptors (Lipinski definition) is 2. The Bertz CT molecular complexity index is 1190. The molecule has 0 fully saturated rings. The average Bonchev–Trinajstić information content (AvgIpc) is 3.19. The fourth-order valence-corrected chi connectivity index (χ4v) is 3.40. The van der Waals surface area contributed by atoms with Crippen LogP contribution in [0, 0.1) is 0 Å². The number of benzene rings is 3. The van der Waals surface area contributed by atoms with Crippen LogP contribution in [-0.4, -0.2) is 14.6 Å². The first kappa shape index (κ1) is 15.5. The van der Waals surface area contributed by atoms with Crippen LogP contribution in [0.1, 0.15) is 0 Å². The Kier molecular flexibility index (Phi) is 3.76. The van der Waals surface area contributed by atoms with E-state index in [0.717, 1.165) is 33.7 Å². The Labute approximate surface area is 157 Å². The van der Waals surface area contributed by atoms with Gasteiger partial charge in [0.25, 0.3) is 0 Å². The molecule has 0 bridgehead atoms. The summed E-state index contributed by atoms with van der Waals surface area (Å²) in [6, 6.07) is 33.2. The highest BCUT2D eigenvalue weighted by atomic mass is 15.2. The average molecular weight is 347 g/mol. The van der Waals surface area contributed by atoms with Gasteiger partial charge in [0.2, 0.25) is 0 Å². The Morgan fingerprint density at radius 1 is 0.519 bits per heavy atom. The summed E-state index contributed by atoms with van der Waals surface area (Å²) in [7, 11) is 0. The lowest BCUT2D eigenvalue weighted by atomic mass is 10.0. The maximum Gasteiger partial charge on any atom is 0.169 e. The first-order chi connectivity index (χ1) is 13.4. The zero-order valence-corrected chi connectivity index (χ0v) is 14.7. The lowest BCUT2D eigenvalue weighted by molar-refractivity contribution is 1.11. The van der Waals surface area contributed by atoms with Gasteiger partial charge in [-0.05, 0) is 22.8 Å². The van der Waals surface area contributed by atoms with Gasteiger partial charge in [0.1, 0.15) is 0 Å². The summed E-state index contributed by atoms with van der Waals surface area (Å²) >= 11 is 0. The first-order valence-electron chi connectivity index (χ1n) is 8.95. The molecular formula is C24H17N3. The van der Waals surface area contributed by atoms with E-state index in [1.54, 1.807) is 0 Å². The molecule has 3 heteroatoms. The molecule has 2 aromatic heterocycles. The van der Waals surface area contributed by atoms with Crippen LogP contribution in [0.5, 0.6) is 0 Å². The van der Waals surface area contributed by atoms with Crippen molar-refractivity contribution in [3.63, 3.8) is 0 Å². The van der Waals surface area contributed by atoms with Gasteiger partial charge in [-0.2, -0.15) is 0 Å². The number of hydrogen-bond donors (Lipinski definition) is 0. The third-order valence-corrected chi connectivity index (χ3v) is 4.73. The number of rotatable bonds is 3. The summed E-state index contributed by atoms with van der Waals surface area (Å²) in [5.41, 5.74) is 6.43. The van der Waals surface area contributed by atoms with Gasteiger partial charge in [-0.1, -0.05) is 91.0 Å². The molecule has 128 valence electrons. The lowest BCUT2D eigenvalue weighted by Crippen LogP contribution is -1.94. The minimum atomic E-state index is 0.848. The smallest absolute Gasteiger partial charge is 0.169 e. The van der Waals surface area contributed by atoms with Gasteiger partial charge in [0.05, 0.1) is 0 Å². The molecule has 0 amide bonds. The van der Waals surface area contributed by atoms with Crippen LogP contribution in [0.4, 0.5) is 0 Å². The molecule has 0 N–H and O–H groups in total. The van der Waals surface area contributed by atoms with Gasteiger partial charge in [-0.3, -0.25) is 4.40 Å². The van der Waals surface area contributed by atoms with E-state index in [9.17, 15) is 0 Å². The SMILES string of the molecule is c1ccc(-c2cc(-c3ccccc3)c3nnc(-c4ccccc4)n3c2)cc1. The quantitative estimate of drug-likeness (QED) is 0.417. The van der Waals surface area contributed by atoms with Crippen LogP contribution in [0.3, 0.4) is 0 Å². The predicted molar refractivity (Wildman–Crippen MR) is 109 cm³/mol. The predicted octanol–water partition coefficient (Wildman–Crippen LogP) is 5.73. The fraction of sp³-hybridized carbons (Fsp3) is 0. The highest BCUT2D eigenvalue weighted by molar-refractivity contribution is 5.83. The molecule has 27 heavy (non-hydrogen) atoms. The minimum absolute atomic E-state index is 0.848. The van der Waals surface area contributed by atoms with Crippen LogP contribution < -0.4 is 0 Å². The molecule has 0 radical (unpaired) electrons. The van der Waals surface area contributed by atoms with E-state index in [1.165, 1.54) is 5.56 Å². The molecule has 0 aliphatic carbocycles. The maximum absolute atomic E-state index is 4.52. The molecule has 5 aromatic rings. The largest absolute Gasteiger partial charge is 0.281 e. The molecular weight excluding hydrogens is 330 g/mol. The summed E-state index contributed by atoms with van der Waals surface area (Å²) in [6.07, 6.45) is 2.12. The van der Waals surface area contributed by atoms with Gasteiger partial charge in [-0.25, -0.2) is 0 Å². The van der Waals surface area contributed by atoms with E-state index in [0.29, 0.717) is 0 Å². The maximum atomic E-state index is 4.52. The van der Waals surface area contributed by atoms with E-state index in [2.05, 4.69) is 87.5 Å². The third kappa shape index (κ3) is 2.79. The molecule has 0 aliphatic rings. The van der Waals surface area contributed by atoms with Crippen molar-refractivity contribution in [3.05, 3.63) is 103 Å². The molecule has 2 heterocycles. The van der Waals surface area contributed by atoms with Gasteiger partial charge in [0.15, 0.2) is 11.5 Å². The van der Waals surface area contributed by atoms with Crippen molar-refractivity contribution in [1.82, 2.24) is 14.6 Å². The van der Waals surface area contributed by atoms with Gasteiger partial charge in [0, 0.05) is 17.3 Å². The normalized spacial score (nSPS) is 11.0. The highest BCUT2D eigenvalue weighted by Crippen LogP contribution is 2.31. The second kappa shape index (κ2) is 6.54. The van der Waals surface area contributed by atoms with Crippen molar-refractivity contribution in [2.45, 2.75) is 0 Å². The van der Waals surface area contributed by atoms with Gasteiger partial charge in [-0.15, -0.1) is 10.2 Å². The Morgan fingerprint density at radius 2 is 1.07 bits per heavy atom. The van der Waals surface area contributed by atoms with E-state index in [1.807, 2.05) is 30.3 Å². The molecule has 5 rings (SSSR count). The molecule has 0 saturated carbocycles. The second-order valence-electron chi connectivity index (χ2n) is 6.46. The summed E-state index contributed by atoms with van der Waals surface area (Å²) < 4.78 is 2.10. The van der Waals surface area contributed by atoms with Gasteiger partial charge >= 0.3 is 0 Å². The van der Waals surface area contributed by atoms with E-state index < -0.39 is 0 Å². The van der Waals surface area contributed by atoms with Gasteiger partial charge < -0.3 is 0 Å². The number of fused-ring (bicyclic) bond motifs is 1. The number of pyridine rings is 1. The Hall–Kier alpha value is -3.72. The van der Waals surface area contributed by atoms with E-state index in [-0.39, 0.29) is 0 Å². The second-order valence-corrected chi connectivity index (χ2v) is 6.46. The minimum Gasteiger partial charge on any atom is -0.281 e. The lowest BCUT2D eigenvalue weighted by Gasteiger charge is -2.10. The summed E-state index contributed by atoms with van der Waals surface area (Å²) in [5.74, 6) is 0.848. The van der Waals surface area contributed by atoms with Crippen molar-refractivity contribution in [2.75, 3.05) is 0 Å². The summed E-state index contributed by atoms with van der Waals surface area (Å²) in [6.45, 7) is 0. The Morgan fingerprint density at radius 3 is 1.70 bits per heavy atom. The van der Waals surface area contributed by atoms with Crippen molar-refractivity contribution < 1.29 is 0 Å². The molecule has 0 unspecified atom stereocenters. The molecule has 0 atom stereocenters. The van der Waals surface area contributed by atoms with E-state index in [4.69, 9.17) is 0 Å². The number of aromatic nitrogens is 3. The zero-order valence-electron chi connectivity index (χ0n) is 14.7. The monoisotopic (exact) mass is 347 g/mol. The molecule has 0 saturated heterocycles.